The van der Waals surface area contributed by atoms with Crippen LogP contribution < -0.4 is 0 Å². The fourth-order valence-corrected chi connectivity index (χ4v) is 3.02. The second kappa shape index (κ2) is 1.18. The lowest BCUT2D eigenvalue weighted by molar-refractivity contribution is 0.341. The minimum absolute atomic E-state index is 0.0162. The fourth-order valence-electron chi connectivity index (χ4n) is 1.31. The van der Waals surface area contributed by atoms with Gasteiger partial charge in [0.25, 0.3) is 0 Å². The van der Waals surface area contributed by atoms with Crippen molar-refractivity contribution < 1.29 is 13.2 Å². The summed E-state index contributed by atoms with van der Waals surface area (Å²) < 4.78 is 27.0. The first kappa shape index (κ1) is 5.68. The van der Waals surface area contributed by atoms with Gasteiger partial charge in [-0.15, -0.1) is 0 Å². The van der Waals surface area contributed by atoms with Crippen LogP contribution in [0.5, 0.6) is 0 Å². The van der Waals surface area contributed by atoms with E-state index in [0.717, 1.165) is 0 Å². The van der Waals surface area contributed by atoms with E-state index < -0.39 is 14.8 Å². The summed E-state index contributed by atoms with van der Waals surface area (Å²) in [5, 5.41) is 0. The van der Waals surface area contributed by atoms with Crippen LogP contribution in [0.2, 0.25) is 0 Å². The van der Waals surface area contributed by atoms with Crippen LogP contribution in [0, 0.1) is 0 Å². The molecule has 2 aliphatic heterocycles. The summed E-state index contributed by atoms with van der Waals surface area (Å²) in [6.07, 6.45) is 0.709. The van der Waals surface area contributed by atoms with Crippen molar-refractivity contribution in [3.05, 3.63) is 0 Å². The molecule has 2 rings (SSSR count). The second-order valence-electron chi connectivity index (χ2n) is 2.73. The van der Waals surface area contributed by atoms with Crippen LogP contribution in [0.25, 0.3) is 0 Å². The molecule has 0 amide bonds. The van der Waals surface area contributed by atoms with Gasteiger partial charge in [-0.3, -0.25) is 0 Å². The van der Waals surface area contributed by atoms with Crippen LogP contribution in [0.15, 0.2) is 0 Å². The number of epoxide rings is 1. The summed E-state index contributed by atoms with van der Waals surface area (Å²) in [6, 6.07) is 0. The van der Waals surface area contributed by atoms with E-state index in [1.54, 1.807) is 6.92 Å². The standard InChI is InChI=1S/C5H8O3S/c1-5-4(8-5)2-3-9(5,6)7/h4H,2-3H2,1H3. The zero-order valence-corrected chi connectivity index (χ0v) is 5.94. The molecule has 2 heterocycles. The molecule has 0 saturated carbocycles. The Hall–Kier alpha value is -0.0900. The summed E-state index contributed by atoms with van der Waals surface area (Å²) in [7, 11) is -2.87. The molecule has 0 radical (unpaired) electrons. The van der Waals surface area contributed by atoms with Gasteiger partial charge in [-0.1, -0.05) is 0 Å². The van der Waals surface area contributed by atoms with E-state index in [1.165, 1.54) is 0 Å². The summed E-state index contributed by atoms with van der Waals surface area (Å²) in [4.78, 5) is -0.771. The lowest BCUT2D eigenvalue weighted by Crippen LogP contribution is -2.18. The lowest BCUT2D eigenvalue weighted by Gasteiger charge is -1.98. The fraction of sp³-hybridized carbons (Fsp3) is 1.00. The number of fused-ring (bicyclic) bond motifs is 1. The molecular weight excluding hydrogens is 140 g/mol. The normalized spacial score (nSPS) is 52.8. The first-order chi connectivity index (χ1) is 4.06. The molecule has 4 heteroatoms. The van der Waals surface area contributed by atoms with Crippen LogP contribution in [-0.4, -0.2) is 25.2 Å². The molecule has 2 atom stereocenters. The van der Waals surface area contributed by atoms with Crippen LogP contribution in [0.4, 0.5) is 0 Å². The number of rotatable bonds is 0. The zero-order valence-electron chi connectivity index (χ0n) is 5.12. The number of ether oxygens (including phenoxy) is 1. The molecule has 2 aliphatic rings. The molecular formula is C5H8O3S. The number of hydrogen-bond donors (Lipinski definition) is 0. The maximum absolute atomic E-state index is 11.0. The summed E-state index contributed by atoms with van der Waals surface area (Å²) in [5.41, 5.74) is 0. The molecule has 0 N–H and O–H groups in total. The first-order valence-electron chi connectivity index (χ1n) is 2.96. The van der Waals surface area contributed by atoms with E-state index in [0.29, 0.717) is 12.2 Å². The first-order valence-corrected chi connectivity index (χ1v) is 4.62. The van der Waals surface area contributed by atoms with Crippen molar-refractivity contribution >= 4 is 9.84 Å². The third-order valence-electron chi connectivity index (χ3n) is 2.17. The second-order valence-corrected chi connectivity index (χ2v) is 5.18. The van der Waals surface area contributed by atoms with Crippen molar-refractivity contribution in [1.29, 1.82) is 0 Å². The Balaban J connectivity index is 2.51. The zero-order chi connectivity index (χ0) is 6.70. The summed E-state index contributed by atoms with van der Waals surface area (Å²) in [6.45, 7) is 1.65. The van der Waals surface area contributed by atoms with Crippen molar-refractivity contribution in [3.63, 3.8) is 0 Å². The van der Waals surface area contributed by atoms with Crippen LogP contribution in [-0.2, 0) is 14.6 Å². The third-order valence-corrected chi connectivity index (χ3v) is 4.54. The molecule has 9 heavy (non-hydrogen) atoms. The predicted octanol–water partition coefficient (Wildman–Crippen LogP) is -0.0801. The van der Waals surface area contributed by atoms with Gasteiger partial charge in [-0.2, -0.15) is 0 Å². The molecule has 0 aliphatic carbocycles. The van der Waals surface area contributed by atoms with Gasteiger partial charge >= 0.3 is 0 Å². The predicted molar refractivity (Wildman–Crippen MR) is 31.7 cm³/mol. The molecule has 0 aromatic heterocycles. The van der Waals surface area contributed by atoms with E-state index >= 15 is 0 Å². The average Bonchev–Trinajstić information content (AvgIpc) is 2.34. The average molecular weight is 148 g/mol. The van der Waals surface area contributed by atoms with Crippen molar-refractivity contribution in [2.45, 2.75) is 24.4 Å². The van der Waals surface area contributed by atoms with Gasteiger partial charge in [0.15, 0.2) is 14.8 Å². The molecule has 2 unspecified atom stereocenters. The van der Waals surface area contributed by atoms with E-state index in [-0.39, 0.29) is 6.10 Å². The third kappa shape index (κ3) is 0.483. The largest absolute Gasteiger partial charge is 0.349 e. The highest BCUT2D eigenvalue weighted by atomic mass is 32.2. The quantitative estimate of drug-likeness (QED) is 0.451. The molecule has 52 valence electrons. The summed E-state index contributed by atoms with van der Waals surface area (Å²) in [5.74, 6) is 0.314. The van der Waals surface area contributed by atoms with Gasteiger partial charge in [0.05, 0.1) is 5.75 Å². The van der Waals surface area contributed by atoms with Crippen molar-refractivity contribution in [2.75, 3.05) is 5.75 Å². The molecule has 0 spiro atoms. The highest BCUT2D eigenvalue weighted by molar-refractivity contribution is 7.93. The van der Waals surface area contributed by atoms with E-state index in [4.69, 9.17) is 4.74 Å². The van der Waals surface area contributed by atoms with E-state index in [1.807, 2.05) is 0 Å². The Kier molecular flexibility index (Phi) is 0.743. The van der Waals surface area contributed by atoms with Crippen molar-refractivity contribution in [3.8, 4) is 0 Å². The van der Waals surface area contributed by atoms with Gasteiger partial charge < -0.3 is 4.74 Å². The Bertz CT molecular complexity index is 241. The maximum atomic E-state index is 11.0. The van der Waals surface area contributed by atoms with Gasteiger partial charge in [0.1, 0.15) is 6.10 Å². The topological polar surface area (TPSA) is 46.7 Å². The molecule has 0 aromatic rings. The van der Waals surface area contributed by atoms with Crippen molar-refractivity contribution in [1.82, 2.24) is 0 Å². The Morgan fingerprint density at radius 2 is 2.33 bits per heavy atom. The molecule has 2 saturated heterocycles. The van der Waals surface area contributed by atoms with E-state index in [9.17, 15) is 8.42 Å². The Morgan fingerprint density at radius 1 is 1.67 bits per heavy atom. The molecule has 0 aromatic carbocycles. The monoisotopic (exact) mass is 148 g/mol. The lowest BCUT2D eigenvalue weighted by atomic mass is 10.3. The highest BCUT2D eigenvalue weighted by Crippen LogP contribution is 2.49. The maximum Gasteiger partial charge on any atom is 0.192 e. The summed E-state index contributed by atoms with van der Waals surface area (Å²) >= 11 is 0. The SMILES string of the molecule is CC12OC1CCS2(=O)=O. The van der Waals surface area contributed by atoms with Crippen LogP contribution in [0.1, 0.15) is 13.3 Å². The molecule has 3 nitrogen and oxygen atoms in total. The number of hydrogen-bond acceptors (Lipinski definition) is 3. The van der Waals surface area contributed by atoms with Gasteiger partial charge in [0.2, 0.25) is 0 Å². The molecule has 0 bridgehead atoms. The Labute approximate surface area is 53.9 Å². The van der Waals surface area contributed by atoms with E-state index in [2.05, 4.69) is 0 Å². The van der Waals surface area contributed by atoms with Crippen molar-refractivity contribution in [2.24, 2.45) is 0 Å². The van der Waals surface area contributed by atoms with Gasteiger partial charge in [-0.05, 0) is 13.3 Å². The minimum Gasteiger partial charge on any atom is -0.349 e. The van der Waals surface area contributed by atoms with Gasteiger partial charge in [0, 0.05) is 0 Å². The molecule has 2 fully saturated rings. The van der Waals surface area contributed by atoms with Gasteiger partial charge in [-0.25, -0.2) is 8.42 Å². The smallest absolute Gasteiger partial charge is 0.192 e. The van der Waals surface area contributed by atoms with Crippen LogP contribution >= 0.6 is 0 Å². The Morgan fingerprint density at radius 3 is 2.44 bits per heavy atom. The van der Waals surface area contributed by atoms with Crippen LogP contribution in [0.3, 0.4) is 0 Å². The minimum atomic E-state index is -2.87. The number of sulfone groups is 1. The highest BCUT2D eigenvalue weighted by Gasteiger charge is 2.66.